The Bertz CT molecular complexity index is 1210. The van der Waals surface area contributed by atoms with Crippen molar-refractivity contribution >= 4 is 17.4 Å². The Labute approximate surface area is 193 Å². The second kappa shape index (κ2) is 10.5. The molecule has 3 rings (SSSR count). The molecule has 168 valence electrons. The van der Waals surface area contributed by atoms with Gasteiger partial charge in [-0.15, -0.1) is 0 Å². The Hall–Kier alpha value is -4.05. The molecule has 2 aromatic carbocycles. The number of aromatic nitrogens is 1. The second-order valence-corrected chi connectivity index (χ2v) is 7.95. The third-order valence-electron chi connectivity index (χ3n) is 5.43. The van der Waals surface area contributed by atoms with Gasteiger partial charge in [0.2, 0.25) is 11.7 Å². The summed E-state index contributed by atoms with van der Waals surface area (Å²) in [7, 11) is 0. The van der Waals surface area contributed by atoms with Crippen LogP contribution in [0, 0.1) is 35.3 Å². The lowest BCUT2D eigenvalue weighted by Gasteiger charge is -2.23. The standard InChI is InChI=1S/C26H26N4O3/c1-4-5-10-24(31)29(26-25(30(32)33)18(2)15-19(3)28-26)17-20-11-13-21(14-12-20)23-9-7-6-8-22(23)16-27/h6-9,11-15H,4-5,10,17H2,1-3H3. The number of carbonyl (C=O) groups excluding carboxylic acids is 1. The van der Waals surface area contributed by atoms with Crippen molar-refractivity contribution < 1.29 is 9.72 Å². The van der Waals surface area contributed by atoms with E-state index in [0.29, 0.717) is 23.2 Å². The Balaban J connectivity index is 2.00. The maximum atomic E-state index is 13.1. The normalized spacial score (nSPS) is 10.5. The summed E-state index contributed by atoms with van der Waals surface area (Å²) in [5.74, 6) is -0.117. The Morgan fingerprint density at radius 1 is 1.15 bits per heavy atom. The van der Waals surface area contributed by atoms with Crippen molar-refractivity contribution in [3.8, 4) is 17.2 Å². The average molecular weight is 443 g/mol. The molecular formula is C26H26N4O3. The summed E-state index contributed by atoms with van der Waals surface area (Å²) in [6.45, 7) is 5.58. The van der Waals surface area contributed by atoms with Crippen molar-refractivity contribution in [1.29, 1.82) is 5.26 Å². The molecule has 0 saturated heterocycles. The van der Waals surface area contributed by atoms with E-state index in [-0.39, 0.29) is 30.4 Å². The molecule has 0 radical (unpaired) electrons. The lowest BCUT2D eigenvalue weighted by atomic mass is 9.99. The molecule has 0 aliphatic carbocycles. The molecule has 0 saturated carbocycles. The highest BCUT2D eigenvalue weighted by atomic mass is 16.6. The van der Waals surface area contributed by atoms with Crippen LogP contribution in [0.4, 0.5) is 11.5 Å². The van der Waals surface area contributed by atoms with E-state index < -0.39 is 4.92 Å². The molecule has 0 unspecified atom stereocenters. The first-order chi connectivity index (χ1) is 15.8. The zero-order valence-corrected chi connectivity index (χ0v) is 19.0. The fourth-order valence-corrected chi connectivity index (χ4v) is 3.77. The minimum absolute atomic E-state index is 0.0810. The summed E-state index contributed by atoms with van der Waals surface area (Å²) in [4.78, 5) is 30.3. The number of benzene rings is 2. The van der Waals surface area contributed by atoms with Crippen LogP contribution < -0.4 is 4.90 Å². The van der Waals surface area contributed by atoms with Crippen LogP contribution in [-0.2, 0) is 11.3 Å². The van der Waals surface area contributed by atoms with Crippen LogP contribution in [-0.4, -0.2) is 15.8 Å². The quantitative estimate of drug-likeness (QED) is 0.321. The molecule has 0 spiro atoms. The van der Waals surface area contributed by atoms with Crippen LogP contribution in [0.3, 0.4) is 0 Å². The van der Waals surface area contributed by atoms with Gasteiger partial charge in [0.05, 0.1) is 23.1 Å². The van der Waals surface area contributed by atoms with Gasteiger partial charge in [-0.2, -0.15) is 5.26 Å². The van der Waals surface area contributed by atoms with E-state index in [2.05, 4.69) is 11.1 Å². The highest BCUT2D eigenvalue weighted by Crippen LogP contribution is 2.32. The predicted octanol–water partition coefficient (Wildman–Crippen LogP) is 5.87. The number of nitro groups is 1. The first-order valence-corrected chi connectivity index (χ1v) is 10.9. The first-order valence-electron chi connectivity index (χ1n) is 10.9. The molecule has 1 amide bonds. The lowest BCUT2D eigenvalue weighted by molar-refractivity contribution is -0.384. The van der Waals surface area contributed by atoms with Crippen molar-refractivity contribution in [2.45, 2.75) is 46.6 Å². The van der Waals surface area contributed by atoms with Gasteiger partial charge in [0.1, 0.15) is 0 Å². The maximum absolute atomic E-state index is 13.1. The zero-order chi connectivity index (χ0) is 24.0. The van der Waals surface area contributed by atoms with E-state index in [1.54, 1.807) is 26.0 Å². The predicted molar refractivity (Wildman–Crippen MR) is 128 cm³/mol. The molecule has 0 fully saturated rings. The number of nitrogens with zero attached hydrogens (tertiary/aromatic N) is 4. The Morgan fingerprint density at radius 2 is 1.85 bits per heavy atom. The van der Waals surface area contributed by atoms with E-state index >= 15 is 0 Å². The third-order valence-corrected chi connectivity index (χ3v) is 5.43. The minimum atomic E-state index is -0.473. The summed E-state index contributed by atoms with van der Waals surface area (Å²) in [6.07, 6.45) is 1.82. The van der Waals surface area contributed by atoms with E-state index in [4.69, 9.17) is 0 Å². The maximum Gasteiger partial charge on any atom is 0.314 e. The third kappa shape index (κ3) is 5.42. The van der Waals surface area contributed by atoms with Crippen LogP contribution in [0.1, 0.15) is 48.6 Å². The molecule has 7 nitrogen and oxygen atoms in total. The summed E-state index contributed by atoms with van der Waals surface area (Å²) < 4.78 is 0. The van der Waals surface area contributed by atoms with Crippen LogP contribution in [0.15, 0.2) is 54.6 Å². The largest absolute Gasteiger partial charge is 0.314 e. The summed E-state index contributed by atoms with van der Waals surface area (Å²) >= 11 is 0. The number of hydrogen-bond acceptors (Lipinski definition) is 5. The number of carbonyl (C=O) groups is 1. The Morgan fingerprint density at radius 3 is 2.48 bits per heavy atom. The lowest BCUT2D eigenvalue weighted by Crippen LogP contribution is -2.32. The summed E-state index contributed by atoms with van der Waals surface area (Å²) in [5, 5.41) is 21.2. The van der Waals surface area contributed by atoms with Gasteiger partial charge < -0.3 is 0 Å². The van der Waals surface area contributed by atoms with Crippen LogP contribution >= 0.6 is 0 Å². The molecule has 0 bridgehead atoms. The number of anilines is 1. The summed E-state index contributed by atoms with van der Waals surface area (Å²) in [5.41, 5.74) is 4.04. The molecule has 33 heavy (non-hydrogen) atoms. The van der Waals surface area contributed by atoms with Crippen LogP contribution in [0.2, 0.25) is 0 Å². The van der Waals surface area contributed by atoms with E-state index in [0.717, 1.165) is 23.1 Å². The van der Waals surface area contributed by atoms with Gasteiger partial charge in [0.25, 0.3) is 0 Å². The number of pyridine rings is 1. The molecule has 0 atom stereocenters. The topological polar surface area (TPSA) is 100 Å². The number of nitriles is 1. The molecule has 1 heterocycles. The molecule has 3 aromatic rings. The SMILES string of the molecule is CCCCC(=O)N(Cc1ccc(-c2ccccc2C#N)cc1)c1nc(C)cc(C)c1[N+](=O)[O-]. The van der Waals surface area contributed by atoms with Gasteiger partial charge >= 0.3 is 5.69 Å². The molecule has 1 aromatic heterocycles. The molecule has 0 N–H and O–H groups in total. The van der Waals surface area contributed by atoms with E-state index in [1.165, 1.54) is 4.90 Å². The number of hydrogen-bond donors (Lipinski definition) is 0. The van der Waals surface area contributed by atoms with Gasteiger partial charge in [0, 0.05) is 17.7 Å². The van der Waals surface area contributed by atoms with E-state index in [9.17, 15) is 20.2 Å². The van der Waals surface area contributed by atoms with Crippen molar-refractivity contribution in [3.63, 3.8) is 0 Å². The minimum Gasteiger partial charge on any atom is -0.287 e. The number of unbranched alkanes of at least 4 members (excludes halogenated alkanes) is 1. The average Bonchev–Trinajstić information content (AvgIpc) is 2.80. The van der Waals surface area contributed by atoms with Gasteiger partial charge in [-0.1, -0.05) is 55.8 Å². The van der Waals surface area contributed by atoms with Crippen molar-refractivity contribution in [3.05, 3.63) is 87.1 Å². The van der Waals surface area contributed by atoms with Crippen LogP contribution in [0.5, 0.6) is 0 Å². The fourth-order valence-electron chi connectivity index (χ4n) is 3.77. The molecule has 0 aliphatic heterocycles. The van der Waals surface area contributed by atoms with Gasteiger partial charge in [-0.3, -0.25) is 19.8 Å². The first kappa shape index (κ1) is 23.6. The van der Waals surface area contributed by atoms with Crippen molar-refractivity contribution in [1.82, 2.24) is 4.98 Å². The van der Waals surface area contributed by atoms with E-state index in [1.807, 2.05) is 49.4 Å². The number of aryl methyl sites for hydroxylation is 2. The highest BCUT2D eigenvalue weighted by Gasteiger charge is 2.28. The van der Waals surface area contributed by atoms with Crippen molar-refractivity contribution in [2.24, 2.45) is 0 Å². The summed E-state index contributed by atoms with van der Waals surface area (Å²) in [6, 6.07) is 18.7. The highest BCUT2D eigenvalue weighted by molar-refractivity contribution is 5.94. The van der Waals surface area contributed by atoms with Crippen LogP contribution in [0.25, 0.3) is 11.1 Å². The fraction of sp³-hybridized carbons (Fsp3) is 0.269. The monoisotopic (exact) mass is 442 g/mol. The van der Waals surface area contributed by atoms with Gasteiger partial charge in [-0.05, 0) is 49.1 Å². The Kier molecular flexibility index (Phi) is 7.52. The molecular weight excluding hydrogens is 416 g/mol. The number of amides is 1. The van der Waals surface area contributed by atoms with Gasteiger partial charge in [-0.25, -0.2) is 4.98 Å². The second-order valence-electron chi connectivity index (χ2n) is 7.95. The van der Waals surface area contributed by atoms with Gasteiger partial charge in [0.15, 0.2) is 0 Å². The number of rotatable bonds is 8. The zero-order valence-electron chi connectivity index (χ0n) is 19.0. The molecule has 7 heteroatoms. The molecule has 0 aliphatic rings. The van der Waals surface area contributed by atoms with Crippen molar-refractivity contribution in [2.75, 3.05) is 4.90 Å². The smallest absolute Gasteiger partial charge is 0.287 e.